The first kappa shape index (κ1) is 19.7. The van der Waals surface area contributed by atoms with Crippen molar-refractivity contribution >= 4 is 16.1 Å². The number of amides is 1. The van der Waals surface area contributed by atoms with E-state index in [4.69, 9.17) is 4.74 Å². The Morgan fingerprint density at radius 1 is 1.20 bits per heavy atom. The zero-order valence-electron chi connectivity index (χ0n) is 15.7. The van der Waals surface area contributed by atoms with E-state index in [0.29, 0.717) is 13.1 Å². The molecule has 1 heterocycles. The number of piperazine rings is 1. The maximum Gasteiger partial charge on any atom is 0.410 e. The van der Waals surface area contributed by atoms with Crippen molar-refractivity contribution in [1.29, 1.82) is 0 Å². The molecule has 0 saturated carbocycles. The van der Waals surface area contributed by atoms with E-state index in [1.807, 2.05) is 58.9 Å². The minimum Gasteiger partial charge on any atom is -0.444 e. The Kier molecular flexibility index (Phi) is 5.79. The normalized spacial score (nSPS) is 19.7. The molecule has 6 nitrogen and oxygen atoms in total. The molecule has 0 radical (unpaired) electrons. The number of aryl methyl sites for hydroxylation is 1. The summed E-state index contributed by atoms with van der Waals surface area (Å²) in [5.74, 6) is -0.0238. The van der Waals surface area contributed by atoms with Gasteiger partial charge >= 0.3 is 6.09 Å². The summed E-state index contributed by atoms with van der Waals surface area (Å²) in [7, 11) is -3.43. The second-order valence-electron chi connectivity index (χ2n) is 7.63. The Hall–Kier alpha value is -1.60. The summed E-state index contributed by atoms with van der Waals surface area (Å²) in [6, 6.07) is 7.23. The molecule has 1 aliphatic heterocycles. The third-order valence-corrected chi connectivity index (χ3v) is 6.00. The van der Waals surface area contributed by atoms with Crippen molar-refractivity contribution in [3.63, 3.8) is 0 Å². The Morgan fingerprint density at radius 3 is 2.32 bits per heavy atom. The van der Waals surface area contributed by atoms with Crippen molar-refractivity contribution in [2.45, 2.75) is 52.0 Å². The lowest BCUT2D eigenvalue weighted by Gasteiger charge is -2.39. The standard InChI is InChI=1S/C18H28N2O4S/c1-14-6-8-16(9-7-14)13-25(22,23)20-11-10-19(12-15(20)2)17(21)24-18(3,4)5/h6-9,15H,10-13H2,1-5H3/t15-/m0/s1. The first-order chi connectivity index (χ1) is 11.5. The molecule has 25 heavy (non-hydrogen) atoms. The second-order valence-corrected chi connectivity index (χ2v) is 9.55. The minimum atomic E-state index is -3.43. The van der Waals surface area contributed by atoms with Gasteiger partial charge in [-0.25, -0.2) is 13.2 Å². The summed E-state index contributed by atoms with van der Waals surface area (Å²) in [4.78, 5) is 13.8. The third-order valence-electron chi connectivity index (χ3n) is 4.05. The SMILES string of the molecule is Cc1ccc(CS(=O)(=O)N2CCN(C(=O)OC(C)(C)C)C[C@@H]2C)cc1. The summed E-state index contributed by atoms with van der Waals surface area (Å²) >= 11 is 0. The summed E-state index contributed by atoms with van der Waals surface area (Å²) in [5.41, 5.74) is 1.31. The lowest BCUT2D eigenvalue weighted by molar-refractivity contribution is 0.0143. The average Bonchev–Trinajstić information content (AvgIpc) is 2.47. The number of benzene rings is 1. The van der Waals surface area contributed by atoms with Crippen LogP contribution in [0.1, 0.15) is 38.8 Å². The molecule has 1 aromatic rings. The lowest BCUT2D eigenvalue weighted by atomic mass is 10.2. The summed E-state index contributed by atoms with van der Waals surface area (Å²) in [6.45, 7) is 10.2. The molecule has 0 unspecified atom stereocenters. The fraction of sp³-hybridized carbons (Fsp3) is 0.611. The van der Waals surface area contributed by atoms with Gasteiger partial charge in [0.2, 0.25) is 10.0 Å². The zero-order valence-corrected chi connectivity index (χ0v) is 16.5. The number of carbonyl (C=O) groups is 1. The molecule has 1 aliphatic rings. The van der Waals surface area contributed by atoms with Crippen LogP contribution >= 0.6 is 0 Å². The second kappa shape index (κ2) is 7.33. The Labute approximate surface area is 150 Å². The summed E-state index contributed by atoms with van der Waals surface area (Å²) in [6.07, 6.45) is -0.394. The molecule has 1 aromatic carbocycles. The Balaban J connectivity index is 2.02. The van der Waals surface area contributed by atoms with Crippen LogP contribution in [-0.4, -0.2) is 55.0 Å². The van der Waals surface area contributed by atoms with Gasteiger partial charge in [-0.1, -0.05) is 29.8 Å². The van der Waals surface area contributed by atoms with Crippen molar-refractivity contribution < 1.29 is 17.9 Å². The Bertz CT molecular complexity index is 708. The first-order valence-corrected chi connectivity index (χ1v) is 10.1. The first-order valence-electron chi connectivity index (χ1n) is 8.51. The number of hydrogen-bond acceptors (Lipinski definition) is 4. The summed E-state index contributed by atoms with van der Waals surface area (Å²) in [5, 5.41) is 0. The summed E-state index contributed by atoms with van der Waals surface area (Å²) < 4.78 is 32.4. The molecule has 140 valence electrons. The van der Waals surface area contributed by atoms with Crippen LogP contribution in [0.5, 0.6) is 0 Å². The minimum absolute atomic E-state index is 0.0238. The molecule has 0 aliphatic carbocycles. The van der Waals surface area contributed by atoms with Crippen LogP contribution in [0.4, 0.5) is 4.79 Å². The molecule has 2 rings (SSSR count). The van der Waals surface area contributed by atoms with Crippen LogP contribution in [0, 0.1) is 6.92 Å². The van der Waals surface area contributed by atoms with Gasteiger partial charge in [0.05, 0.1) is 5.75 Å². The van der Waals surface area contributed by atoms with E-state index in [1.54, 1.807) is 4.90 Å². The molecule has 1 fully saturated rings. The molecule has 1 saturated heterocycles. The fourth-order valence-electron chi connectivity index (χ4n) is 2.82. The van der Waals surface area contributed by atoms with Crippen molar-refractivity contribution in [1.82, 2.24) is 9.21 Å². The van der Waals surface area contributed by atoms with Gasteiger partial charge in [-0.15, -0.1) is 0 Å². The van der Waals surface area contributed by atoms with E-state index in [9.17, 15) is 13.2 Å². The highest BCUT2D eigenvalue weighted by Crippen LogP contribution is 2.20. The zero-order chi connectivity index (χ0) is 18.8. The largest absolute Gasteiger partial charge is 0.444 e. The van der Waals surface area contributed by atoms with E-state index in [-0.39, 0.29) is 18.3 Å². The third kappa shape index (κ3) is 5.44. The Morgan fingerprint density at radius 2 is 1.80 bits per heavy atom. The van der Waals surface area contributed by atoms with Crippen LogP contribution < -0.4 is 0 Å². The molecular formula is C18H28N2O4S. The van der Waals surface area contributed by atoms with Gasteiger partial charge in [0.25, 0.3) is 0 Å². The fourth-order valence-corrected chi connectivity index (χ4v) is 4.58. The molecule has 1 atom stereocenters. The highest BCUT2D eigenvalue weighted by molar-refractivity contribution is 7.88. The van der Waals surface area contributed by atoms with Crippen LogP contribution in [0.15, 0.2) is 24.3 Å². The number of hydrogen-bond donors (Lipinski definition) is 0. The van der Waals surface area contributed by atoms with Gasteiger partial charge in [0.15, 0.2) is 0 Å². The number of carbonyl (C=O) groups excluding carboxylic acids is 1. The van der Waals surface area contributed by atoms with E-state index in [0.717, 1.165) is 11.1 Å². The van der Waals surface area contributed by atoms with Gasteiger partial charge in [-0.3, -0.25) is 0 Å². The molecule has 0 N–H and O–H groups in total. The molecule has 0 aromatic heterocycles. The molecule has 0 bridgehead atoms. The van der Waals surface area contributed by atoms with Crippen LogP contribution in [0.3, 0.4) is 0 Å². The van der Waals surface area contributed by atoms with Gasteiger partial charge < -0.3 is 9.64 Å². The van der Waals surface area contributed by atoms with E-state index < -0.39 is 21.7 Å². The van der Waals surface area contributed by atoms with Crippen LogP contribution in [0.25, 0.3) is 0 Å². The van der Waals surface area contributed by atoms with Crippen molar-refractivity contribution in [2.24, 2.45) is 0 Å². The number of ether oxygens (including phenoxy) is 1. The van der Waals surface area contributed by atoms with Crippen molar-refractivity contribution in [2.75, 3.05) is 19.6 Å². The monoisotopic (exact) mass is 368 g/mol. The maximum absolute atomic E-state index is 12.7. The molecular weight excluding hydrogens is 340 g/mol. The maximum atomic E-state index is 12.7. The van der Waals surface area contributed by atoms with Crippen molar-refractivity contribution in [3.8, 4) is 0 Å². The highest BCUT2D eigenvalue weighted by Gasteiger charge is 2.35. The van der Waals surface area contributed by atoms with Crippen LogP contribution in [0.2, 0.25) is 0 Å². The highest BCUT2D eigenvalue weighted by atomic mass is 32.2. The average molecular weight is 368 g/mol. The molecule has 7 heteroatoms. The molecule has 1 amide bonds. The number of rotatable bonds is 3. The van der Waals surface area contributed by atoms with Crippen molar-refractivity contribution in [3.05, 3.63) is 35.4 Å². The predicted molar refractivity (Wildman–Crippen MR) is 97.8 cm³/mol. The quantitative estimate of drug-likeness (QED) is 0.823. The smallest absolute Gasteiger partial charge is 0.410 e. The number of sulfonamides is 1. The molecule has 0 spiro atoms. The van der Waals surface area contributed by atoms with Gasteiger partial charge in [-0.2, -0.15) is 4.31 Å². The topological polar surface area (TPSA) is 66.9 Å². The van der Waals surface area contributed by atoms with Gasteiger partial charge in [-0.05, 0) is 40.2 Å². The van der Waals surface area contributed by atoms with Crippen LogP contribution in [-0.2, 0) is 20.5 Å². The van der Waals surface area contributed by atoms with E-state index >= 15 is 0 Å². The lowest BCUT2D eigenvalue weighted by Crippen LogP contribution is -2.56. The number of nitrogens with zero attached hydrogens (tertiary/aromatic N) is 2. The van der Waals surface area contributed by atoms with Gasteiger partial charge in [0.1, 0.15) is 5.60 Å². The van der Waals surface area contributed by atoms with Gasteiger partial charge in [0, 0.05) is 25.7 Å². The predicted octanol–water partition coefficient (Wildman–Crippen LogP) is 2.77. The van der Waals surface area contributed by atoms with E-state index in [1.165, 1.54) is 4.31 Å². The van der Waals surface area contributed by atoms with E-state index in [2.05, 4.69) is 0 Å².